The molecular formula is C23H27N3O3S. The van der Waals surface area contributed by atoms with Crippen LogP contribution in [0.3, 0.4) is 0 Å². The largest absolute Gasteiger partial charge is 0.359 e. The molecule has 5 rings (SSSR count). The van der Waals surface area contributed by atoms with Gasteiger partial charge in [-0.3, -0.25) is 0 Å². The Morgan fingerprint density at radius 3 is 2.60 bits per heavy atom. The van der Waals surface area contributed by atoms with E-state index in [9.17, 15) is 5.11 Å². The van der Waals surface area contributed by atoms with E-state index in [1.54, 1.807) is 6.33 Å². The zero-order valence-corrected chi connectivity index (χ0v) is 18.5. The fraction of sp³-hybridized carbons (Fsp3) is 0.435. The van der Waals surface area contributed by atoms with E-state index in [2.05, 4.69) is 58.0 Å². The molecule has 4 atom stereocenters. The van der Waals surface area contributed by atoms with Crippen molar-refractivity contribution in [3.63, 3.8) is 0 Å². The first-order chi connectivity index (χ1) is 14.3. The summed E-state index contributed by atoms with van der Waals surface area (Å²) in [5, 5.41) is 12.6. The van der Waals surface area contributed by atoms with Gasteiger partial charge in [0.1, 0.15) is 18.1 Å². The molecule has 2 aromatic heterocycles. The van der Waals surface area contributed by atoms with Crippen molar-refractivity contribution in [3.8, 4) is 0 Å². The second kappa shape index (κ2) is 7.27. The summed E-state index contributed by atoms with van der Waals surface area (Å²) in [6.07, 6.45) is 4.06. The summed E-state index contributed by atoms with van der Waals surface area (Å²) in [6.45, 7) is 7.93. The molecule has 0 radical (unpaired) electrons. The Bertz CT molecular complexity index is 1120. The van der Waals surface area contributed by atoms with E-state index in [4.69, 9.17) is 9.47 Å². The summed E-state index contributed by atoms with van der Waals surface area (Å²) in [6, 6.07) is 10.4. The Balaban J connectivity index is 1.52. The number of hydrogen-bond donors (Lipinski definition) is 2. The predicted molar refractivity (Wildman–Crippen MR) is 119 cm³/mol. The first-order valence-electron chi connectivity index (χ1n) is 10.3. The van der Waals surface area contributed by atoms with Gasteiger partial charge in [0.25, 0.3) is 0 Å². The van der Waals surface area contributed by atoms with Crippen molar-refractivity contribution in [2.24, 2.45) is 5.92 Å². The molecule has 1 aromatic carbocycles. The predicted octanol–water partition coefficient (Wildman–Crippen LogP) is 4.34. The van der Waals surface area contributed by atoms with E-state index in [1.165, 1.54) is 5.56 Å². The second-order valence-corrected chi connectivity index (χ2v) is 9.90. The average Bonchev–Trinajstić information content (AvgIpc) is 3.35. The van der Waals surface area contributed by atoms with Crippen molar-refractivity contribution in [3.05, 3.63) is 54.1 Å². The number of aliphatic hydroxyl groups is 1. The van der Waals surface area contributed by atoms with Crippen LogP contribution in [0.2, 0.25) is 0 Å². The Morgan fingerprint density at radius 1 is 1.10 bits per heavy atom. The van der Waals surface area contributed by atoms with E-state index in [-0.39, 0.29) is 24.2 Å². The van der Waals surface area contributed by atoms with Gasteiger partial charge in [0.05, 0.1) is 22.9 Å². The zero-order valence-electron chi connectivity index (χ0n) is 17.6. The number of hydrogen-bond acceptors (Lipinski definition) is 4. The van der Waals surface area contributed by atoms with Crippen LogP contribution in [0.25, 0.3) is 11.0 Å². The molecule has 3 aromatic rings. The van der Waals surface area contributed by atoms with Crippen LogP contribution in [0.5, 0.6) is 0 Å². The second-order valence-electron chi connectivity index (χ2n) is 8.70. The van der Waals surface area contributed by atoms with Gasteiger partial charge in [0.2, 0.25) is 0 Å². The summed E-state index contributed by atoms with van der Waals surface area (Å²) >= 11 is 0.819. The Hall–Kier alpha value is -2.06. The normalized spacial score (nSPS) is 28.5. The molecule has 1 N–H and O–H groups in total. The van der Waals surface area contributed by atoms with E-state index in [0.717, 1.165) is 39.4 Å². The highest BCUT2D eigenvalue weighted by Crippen LogP contribution is 2.48. The third kappa shape index (κ3) is 3.39. The molecule has 0 amide bonds. The summed E-state index contributed by atoms with van der Waals surface area (Å²) in [5.74, 6) is -0.786. The first kappa shape index (κ1) is 19.9. The van der Waals surface area contributed by atoms with Gasteiger partial charge in [0.15, 0.2) is 5.79 Å². The number of benzene rings is 1. The van der Waals surface area contributed by atoms with Gasteiger partial charge >= 0.3 is 0 Å². The highest BCUT2D eigenvalue weighted by molar-refractivity contribution is 7.98. The third-order valence-corrected chi connectivity index (χ3v) is 7.23. The minimum absolute atomic E-state index is 0.0314. The number of ether oxygens (including phenoxy) is 2. The summed E-state index contributed by atoms with van der Waals surface area (Å²) in [7, 11) is 0. The quantitative estimate of drug-likeness (QED) is 0.483. The molecule has 3 heterocycles. The minimum Gasteiger partial charge on any atom is -0.359 e. The van der Waals surface area contributed by atoms with Gasteiger partial charge in [0, 0.05) is 22.4 Å². The van der Waals surface area contributed by atoms with Crippen molar-refractivity contribution in [2.75, 3.05) is 0 Å². The highest BCUT2D eigenvalue weighted by Gasteiger charge is 2.55. The fourth-order valence-electron chi connectivity index (χ4n) is 4.68. The van der Waals surface area contributed by atoms with E-state index in [0.29, 0.717) is 5.05 Å². The van der Waals surface area contributed by atoms with Crippen molar-refractivity contribution < 1.29 is 14.6 Å². The van der Waals surface area contributed by atoms with Crippen molar-refractivity contribution in [1.82, 2.24) is 14.5 Å². The molecule has 1 aliphatic heterocycles. The van der Waals surface area contributed by atoms with Crippen LogP contribution in [0, 0.1) is 19.8 Å². The van der Waals surface area contributed by atoms with Gasteiger partial charge in [-0.15, -0.1) is 11.4 Å². The summed E-state index contributed by atoms with van der Waals surface area (Å²) < 4.78 is 14.8. The minimum atomic E-state index is -0.679. The average molecular weight is 426 g/mol. The summed E-state index contributed by atoms with van der Waals surface area (Å²) in [5.41, 5.74) is 3.07. The fourth-order valence-corrected chi connectivity index (χ4v) is 5.66. The molecular weight excluding hydrogens is 398 g/mol. The van der Waals surface area contributed by atoms with Crippen LogP contribution in [0.15, 0.2) is 47.8 Å². The number of thiol groups is 1. The summed E-state index contributed by atoms with van der Waals surface area (Å²) in [4.78, 5) is 9.91. The highest BCUT2D eigenvalue weighted by atomic mass is 32.1. The maximum atomic E-state index is 11.1. The number of fused-ring (bicyclic) bond motifs is 2. The lowest BCUT2D eigenvalue weighted by molar-refractivity contribution is -0.157. The maximum absolute atomic E-state index is 11.1. The van der Waals surface area contributed by atoms with Gasteiger partial charge in [-0.25, -0.2) is 9.97 Å². The lowest BCUT2D eigenvalue weighted by Crippen LogP contribution is -2.29. The molecule has 7 heteroatoms. The molecule has 1 aliphatic carbocycles. The van der Waals surface area contributed by atoms with Crippen LogP contribution in [-0.2, 0) is 9.47 Å². The van der Waals surface area contributed by atoms with Gasteiger partial charge < -0.3 is 19.1 Å². The van der Waals surface area contributed by atoms with Crippen LogP contribution in [0.4, 0.5) is 0 Å². The van der Waals surface area contributed by atoms with E-state index < -0.39 is 5.79 Å². The smallest absolute Gasteiger partial charge is 0.163 e. The number of aliphatic hydroxyl groups excluding tert-OH is 1. The Labute approximate surface area is 179 Å². The number of rotatable bonds is 3. The van der Waals surface area contributed by atoms with Gasteiger partial charge in [-0.2, -0.15) is 0 Å². The molecule has 2 aliphatic rings. The van der Waals surface area contributed by atoms with Crippen LogP contribution < -0.4 is 0 Å². The molecule has 1 saturated heterocycles. The molecule has 158 valence electrons. The maximum Gasteiger partial charge on any atom is 0.163 e. The van der Waals surface area contributed by atoms with Crippen molar-refractivity contribution in [2.45, 2.75) is 63.0 Å². The van der Waals surface area contributed by atoms with Crippen LogP contribution in [-0.4, -0.2) is 42.7 Å². The molecule has 2 fully saturated rings. The molecule has 0 unspecified atom stereocenters. The van der Waals surface area contributed by atoms with Gasteiger partial charge in [-0.1, -0.05) is 17.7 Å². The Morgan fingerprint density at radius 2 is 1.83 bits per heavy atom. The van der Waals surface area contributed by atoms with Crippen LogP contribution >= 0.6 is 11.4 Å². The first-order valence-corrected chi connectivity index (χ1v) is 11.2. The molecule has 1 saturated carbocycles. The lowest BCUT2D eigenvalue weighted by atomic mass is 10.1. The molecule has 30 heavy (non-hydrogen) atoms. The van der Waals surface area contributed by atoms with E-state index in [1.807, 2.05) is 20.8 Å². The standard InChI is InChI=1S/C23H27N3O3S/c1-13-5-7-15(8-6-13)30-22(27)17-11-18(20-19(17)28-23(3,4)29-20)26-10-9-16-14(2)24-12-25-21(16)26/h5-10,12,17-20,27,30H,11H2,1-4H3/t17-,18+,19+,20-/m0/s1. The molecule has 0 bridgehead atoms. The molecule has 6 nitrogen and oxygen atoms in total. The monoisotopic (exact) mass is 425 g/mol. The van der Waals surface area contributed by atoms with Crippen molar-refractivity contribution >= 4 is 27.4 Å². The number of aromatic nitrogens is 3. The van der Waals surface area contributed by atoms with E-state index >= 15 is 0 Å². The van der Waals surface area contributed by atoms with Gasteiger partial charge in [-0.05, 0) is 52.3 Å². The number of aryl methyl sites for hydroxylation is 2. The third-order valence-electron chi connectivity index (χ3n) is 6.11. The lowest BCUT2D eigenvalue weighted by Gasteiger charge is -2.24. The number of nitrogens with zero attached hydrogens (tertiary/aromatic N) is 3. The topological polar surface area (TPSA) is 69.4 Å². The SMILES string of the molecule is Cc1ccc([SH]=C(O)[C@H]2C[C@@H](n3ccc4c(C)ncnc43)[C@@H]3OC(C)(C)O[C@@H]32)cc1. The molecule has 0 spiro atoms. The zero-order chi connectivity index (χ0) is 21.0. The van der Waals surface area contributed by atoms with Crippen LogP contribution in [0.1, 0.15) is 37.6 Å². The van der Waals surface area contributed by atoms with Crippen molar-refractivity contribution in [1.29, 1.82) is 0 Å². The Kier molecular flexibility index (Phi) is 4.82.